The van der Waals surface area contributed by atoms with Crippen LogP contribution in [0.1, 0.15) is 361 Å². The first-order valence-electron chi connectivity index (χ1n) is 31.9. The molecule has 0 radical (unpaired) electrons. The van der Waals surface area contributed by atoms with E-state index in [2.05, 4.69) is 31.3 Å². The topological polar surface area (TPSA) is 95.9 Å². The van der Waals surface area contributed by atoms with Gasteiger partial charge in [-0.1, -0.05) is 309 Å². The van der Waals surface area contributed by atoms with E-state index in [0.717, 1.165) is 44.9 Å². The lowest BCUT2D eigenvalue weighted by molar-refractivity contribution is -0.143. The molecule has 0 aromatic heterocycles. The number of unbranched alkanes of at least 4 members (excludes halogenated alkanes) is 47. The fourth-order valence-electron chi connectivity index (χ4n) is 10.2. The van der Waals surface area contributed by atoms with E-state index in [1.54, 1.807) is 0 Å². The number of hydrogen-bond donors (Lipinski definition) is 3. The van der Waals surface area contributed by atoms with E-state index in [9.17, 15) is 19.8 Å². The maximum atomic E-state index is 12.5. The molecule has 1 amide bonds. The third-order valence-corrected chi connectivity index (χ3v) is 15.1. The van der Waals surface area contributed by atoms with Gasteiger partial charge in [0.15, 0.2) is 0 Å². The van der Waals surface area contributed by atoms with E-state index in [1.807, 2.05) is 0 Å². The van der Waals surface area contributed by atoms with Gasteiger partial charge in [-0.15, -0.1) is 0 Å². The van der Waals surface area contributed by atoms with E-state index in [1.165, 1.54) is 283 Å². The second-order valence-electron chi connectivity index (χ2n) is 22.1. The van der Waals surface area contributed by atoms with E-state index >= 15 is 0 Å². The summed E-state index contributed by atoms with van der Waals surface area (Å²) in [6.07, 6.45) is 72.3. The highest BCUT2D eigenvalue weighted by Gasteiger charge is 2.20. The Kier molecular flexibility index (Phi) is 59.0. The maximum absolute atomic E-state index is 12.5. The number of aliphatic hydroxyl groups is 2. The second-order valence-corrected chi connectivity index (χ2v) is 22.1. The Bertz CT molecular complexity index is 1050. The smallest absolute Gasteiger partial charge is 0.305 e. The van der Waals surface area contributed by atoms with Crippen LogP contribution in [0.5, 0.6) is 0 Å². The summed E-state index contributed by atoms with van der Waals surface area (Å²) in [6, 6.07) is -0.540. The van der Waals surface area contributed by atoms with Gasteiger partial charge in [0, 0.05) is 12.8 Å². The summed E-state index contributed by atoms with van der Waals surface area (Å²) in [5, 5.41) is 23.3. The van der Waals surface area contributed by atoms with Gasteiger partial charge in [0.1, 0.15) is 0 Å². The molecule has 0 aliphatic rings. The van der Waals surface area contributed by atoms with Crippen LogP contribution in [0, 0.1) is 0 Å². The minimum absolute atomic E-state index is 0.00726. The normalized spacial score (nSPS) is 12.6. The lowest BCUT2D eigenvalue weighted by Crippen LogP contribution is -2.45. The molecule has 6 nitrogen and oxygen atoms in total. The standard InChI is InChI=1S/C64H125NO5/c1-3-5-7-9-11-13-15-17-28-32-36-40-44-48-52-56-62(67)61(60-66)65-63(68)57-53-49-45-41-37-33-30-26-24-22-20-19-21-23-25-27-31-35-39-43-47-51-55-59-70-64(69)58-54-50-46-42-38-34-29-18-16-14-12-10-8-6-4-2/h18,29,61-62,66-67H,3-17,19-28,30-60H2,1-2H3,(H,65,68)/b29-18-. The van der Waals surface area contributed by atoms with Gasteiger partial charge in [-0.2, -0.15) is 0 Å². The minimum atomic E-state index is -0.663. The molecule has 0 aliphatic heterocycles. The highest BCUT2D eigenvalue weighted by Crippen LogP contribution is 2.18. The Balaban J connectivity index is 3.36. The molecule has 0 spiro atoms. The average Bonchev–Trinajstić information content (AvgIpc) is 3.36. The van der Waals surface area contributed by atoms with Crippen molar-refractivity contribution in [2.75, 3.05) is 13.2 Å². The number of carbonyl (C=O) groups excluding carboxylic acids is 2. The van der Waals surface area contributed by atoms with Crippen LogP contribution < -0.4 is 5.32 Å². The summed E-state index contributed by atoms with van der Waals surface area (Å²) in [5.41, 5.74) is 0. The fourth-order valence-corrected chi connectivity index (χ4v) is 10.2. The molecule has 0 bridgehead atoms. The van der Waals surface area contributed by atoms with Gasteiger partial charge in [-0.3, -0.25) is 9.59 Å². The largest absolute Gasteiger partial charge is 0.466 e. The predicted octanol–water partition coefficient (Wildman–Crippen LogP) is 20.0. The molecule has 0 aromatic rings. The van der Waals surface area contributed by atoms with Crippen molar-refractivity contribution >= 4 is 11.9 Å². The van der Waals surface area contributed by atoms with E-state index in [0.29, 0.717) is 25.9 Å². The molecule has 0 aromatic carbocycles. The summed E-state index contributed by atoms with van der Waals surface area (Å²) in [4.78, 5) is 24.5. The number of esters is 1. The zero-order valence-corrected chi connectivity index (χ0v) is 47.5. The van der Waals surface area contributed by atoms with Gasteiger partial charge in [0.05, 0.1) is 25.4 Å². The number of aliphatic hydroxyl groups excluding tert-OH is 2. The van der Waals surface area contributed by atoms with Crippen LogP contribution in [0.2, 0.25) is 0 Å². The summed E-state index contributed by atoms with van der Waals surface area (Å²) in [7, 11) is 0. The molecule has 416 valence electrons. The number of rotatable bonds is 60. The quantitative estimate of drug-likeness (QED) is 0.0321. The van der Waals surface area contributed by atoms with Gasteiger partial charge >= 0.3 is 5.97 Å². The van der Waals surface area contributed by atoms with Crippen molar-refractivity contribution in [2.45, 2.75) is 373 Å². The molecule has 0 fully saturated rings. The first-order chi connectivity index (χ1) is 34.5. The van der Waals surface area contributed by atoms with Crippen molar-refractivity contribution in [3.05, 3.63) is 12.2 Å². The molecule has 0 heterocycles. The Morgan fingerprint density at radius 2 is 0.671 bits per heavy atom. The summed E-state index contributed by atoms with van der Waals surface area (Å²) in [5.74, 6) is -0.0246. The molecular weight excluding hydrogens is 863 g/mol. The molecule has 70 heavy (non-hydrogen) atoms. The SMILES string of the molecule is CCCCCCCC/C=C\CCCCCCCC(=O)OCCCCCCCCCCCCCCCCCCCCCCCCCC(=O)NC(CO)C(O)CCCCCCCCCCCCCCCCC. The second kappa shape index (κ2) is 60.2. The van der Waals surface area contributed by atoms with E-state index in [-0.39, 0.29) is 18.5 Å². The Hall–Kier alpha value is -1.40. The van der Waals surface area contributed by atoms with Crippen molar-refractivity contribution in [3.63, 3.8) is 0 Å². The highest BCUT2D eigenvalue weighted by molar-refractivity contribution is 5.76. The molecule has 2 atom stereocenters. The van der Waals surface area contributed by atoms with Gasteiger partial charge in [-0.25, -0.2) is 0 Å². The molecule has 0 rings (SSSR count). The van der Waals surface area contributed by atoms with Crippen molar-refractivity contribution in [3.8, 4) is 0 Å². The number of ether oxygens (including phenoxy) is 1. The zero-order valence-electron chi connectivity index (χ0n) is 47.5. The first-order valence-corrected chi connectivity index (χ1v) is 31.9. The zero-order chi connectivity index (χ0) is 50.7. The van der Waals surface area contributed by atoms with E-state index < -0.39 is 12.1 Å². The van der Waals surface area contributed by atoms with Crippen LogP contribution in [0.3, 0.4) is 0 Å². The fraction of sp³-hybridized carbons (Fsp3) is 0.938. The van der Waals surface area contributed by atoms with Gasteiger partial charge < -0.3 is 20.3 Å². The van der Waals surface area contributed by atoms with E-state index in [4.69, 9.17) is 4.74 Å². The molecule has 0 saturated heterocycles. The average molecular weight is 989 g/mol. The Labute approximate surface area is 438 Å². The van der Waals surface area contributed by atoms with Crippen molar-refractivity contribution in [1.82, 2.24) is 5.32 Å². The van der Waals surface area contributed by atoms with Gasteiger partial charge in [0.2, 0.25) is 5.91 Å². The third-order valence-electron chi connectivity index (χ3n) is 15.1. The number of carbonyl (C=O) groups is 2. The predicted molar refractivity (Wildman–Crippen MR) is 306 cm³/mol. The molecule has 0 aliphatic carbocycles. The monoisotopic (exact) mass is 988 g/mol. The van der Waals surface area contributed by atoms with Crippen LogP contribution in [0.4, 0.5) is 0 Å². The molecular formula is C64H125NO5. The number of nitrogens with one attached hydrogen (secondary N) is 1. The highest BCUT2D eigenvalue weighted by atomic mass is 16.5. The lowest BCUT2D eigenvalue weighted by Gasteiger charge is -2.22. The number of amides is 1. The Morgan fingerprint density at radius 1 is 0.386 bits per heavy atom. The van der Waals surface area contributed by atoms with Crippen molar-refractivity contribution < 1.29 is 24.5 Å². The minimum Gasteiger partial charge on any atom is -0.466 e. The van der Waals surface area contributed by atoms with Crippen LogP contribution in [-0.2, 0) is 14.3 Å². The number of hydrogen-bond acceptors (Lipinski definition) is 5. The van der Waals surface area contributed by atoms with Gasteiger partial charge in [0.25, 0.3) is 0 Å². The summed E-state index contributed by atoms with van der Waals surface area (Å²) in [6.45, 7) is 4.97. The maximum Gasteiger partial charge on any atom is 0.305 e. The van der Waals surface area contributed by atoms with Crippen molar-refractivity contribution in [1.29, 1.82) is 0 Å². The van der Waals surface area contributed by atoms with Gasteiger partial charge in [-0.05, 0) is 51.4 Å². The van der Waals surface area contributed by atoms with Crippen LogP contribution >= 0.6 is 0 Å². The Morgan fingerprint density at radius 3 is 1.01 bits per heavy atom. The molecule has 2 unspecified atom stereocenters. The van der Waals surface area contributed by atoms with Crippen LogP contribution in [0.25, 0.3) is 0 Å². The lowest BCUT2D eigenvalue weighted by atomic mass is 10.0. The molecule has 3 N–H and O–H groups in total. The van der Waals surface area contributed by atoms with Crippen LogP contribution in [0.15, 0.2) is 12.2 Å². The molecule has 0 saturated carbocycles. The first kappa shape index (κ1) is 68.6. The third kappa shape index (κ3) is 55.9. The summed E-state index contributed by atoms with van der Waals surface area (Å²) >= 11 is 0. The summed E-state index contributed by atoms with van der Waals surface area (Å²) < 4.78 is 5.49. The molecule has 6 heteroatoms. The number of allylic oxidation sites excluding steroid dienone is 2. The van der Waals surface area contributed by atoms with Crippen molar-refractivity contribution in [2.24, 2.45) is 0 Å². The van der Waals surface area contributed by atoms with Crippen LogP contribution in [-0.4, -0.2) is 47.4 Å².